The van der Waals surface area contributed by atoms with Gasteiger partial charge in [-0.1, -0.05) is 24.3 Å². The standard InChI is InChI=1S/C10H12O.10H2O/c11-10-6-5-8-3-1-2-4-9(8)7-10;;;;;;;;;;/h1-4,10-11H,5-7H2;10*1H2. The first-order chi connectivity index (χ1) is 5.36. The monoisotopic (exact) mass is 328 g/mol. The third-order valence-corrected chi connectivity index (χ3v) is 2.32. The molecule has 11 heteroatoms. The molecule has 1 aliphatic rings. The summed E-state index contributed by atoms with van der Waals surface area (Å²) < 4.78 is 0. The smallest absolute Gasteiger partial charge is 0.0583 e. The van der Waals surface area contributed by atoms with E-state index in [1.807, 2.05) is 6.07 Å². The lowest BCUT2D eigenvalue weighted by atomic mass is 9.90. The van der Waals surface area contributed by atoms with Crippen LogP contribution < -0.4 is 0 Å². The van der Waals surface area contributed by atoms with Crippen LogP contribution in [0.5, 0.6) is 0 Å². The summed E-state index contributed by atoms with van der Waals surface area (Å²) in [6.45, 7) is 0. The molecule has 11 nitrogen and oxygen atoms in total. The van der Waals surface area contributed by atoms with Gasteiger partial charge >= 0.3 is 0 Å². The SMILES string of the molecule is O.O.O.O.O.O.O.O.O.O.OC1CCc2ccccc2C1. The quantitative estimate of drug-likeness (QED) is 0.476. The average molecular weight is 328 g/mol. The van der Waals surface area contributed by atoms with Gasteiger partial charge < -0.3 is 59.9 Å². The van der Waals surface area contributed by atoms with Gasteiger partial charge in [0.2, 0.25) is 0 Å². The van der Waals surface area contributed by atoms with Crippen LogP contribution in [0.1, 0.15) is 17.5 Å². The van der Waals surface area contributed by atoms with Crippen LogP contribution in [0.4, 0.5) is 0 Å². The predicted octanol–water partition coefficient (Wildman–Crippen LogP) is -6.71. The van der Waals surface area contributed by atoms with Crippen LogP contribution in [0.25, 0.3) is 0 Å². The summed E-state index contributed by atoms with van der Waals surface area (Å²) in [5.41, 5.74) is 2.74. The van der Waals surface area contributed by atoms with Gasteiger partial charge in [0, 0.05) is 0 Å². The van der Waals surface area contributed by atoms with Crippen LogP contribution in [0.2, 0.25) is 0 Å². The number of rotatable bonds is 0. The summed E-state index contributed by atoms with van der Waals surface area (Å²) in [4.78, 5) is 0. The lowest BCUT2D eigenvalue weighted by Crippen LogP contribution is -2.18. The van der Waals surface area contributed by atoms with Crippen molar-refractivity contribution >= 4 is 0 Å². The molecule has 21 N–H and O–H groups in total. The Labute approximate surface area is 121 Å². The van der Waals surface area contributed by atoms with Gasteiger partial charge in [-0.15, -0.1) is 0 Å². The fourth-order valence-corrected chi connectivity index (χ4v) is 1.68. The lowest BCUT2D eigenvalue weighted by molar-refractivity contribution is 0.158. The van der Waals surface area contributed by atoms with Crippen molar-refractivity contribution in [3.8, 4) is 0 Å². The summed E-state index contributed by atoms with van der Waals surface area (Å²) in [6, 6.07) is 8.37. The molecule has 0 aliphatic heterocycles. The van der Waals surface area contributed by atoms with Crippen molar-refractivity contribution < 1.29 is 59.9 Å². The molecule has 1 aliphatic carbocycles. The molecule has 1 unspecified atom stereocenters. The molecule has 0 saturated carbocycles. The normalized spacial score (nSPS) is 12.0. The molecule has 0 amide bonds. The molecule has 0 bridgehead atoms. The first-order valence-electron chi connectivity index (χ1n) is 4.11. The Hall–Kier alpha value is -1.22. The molecule has 0 saturated heterocycles. The highest BCUT2D eigenvalue weighted by Crippen LogP contribution is 2.20. The van der Waals surface area contributed by atoms with Gasteiger partial charge in [-0.2, -0.15) is 0 Å². The molecule has 0 aromatic heterocycles. The van der Waals surface area contributed by atoms with E-state index in [9.17, 15) is 5.11 Å². The summed E-state index contributed by atoms with van der Waals surface area (Å²) in [7, 11) is 0. The highest BCUT2D eigenvalue weighted by atomic mass is 16.3. The van der Waals surface area contributed by atoms with Crippen LogP contribution in [0.15, 0.2) is 24.3 Å². The van der Waals surface area contributed by atoms with E-state index in [1.165, 1.54) is 11.1 Å². The summed E-state index contributed by atoms with van der Waals surface area (Å²) in [6.07, 6.45) is 2.70. The van der Waals surface area contributed by atoms with Crippen molar-refractivity contribution in [3.63, 3.8) is 0 Å². The van der Waals surface area contributed by atoms with E-state index in [1.54, 1.807) is 0 Å². The minimum absolute atomic E-state index is 0. The van der Waals surface area contributed by atoms with Crippen LogP contribution >= 0.6 is 0 Å². The third kappa shape index (κ3) is 15.0. The molecule has 1 aromatic rings. The average Bonchev–Trinajstić information content (AvgIpc) is 2.04. The largest absolute Gasteiger partial charge is 0.412 e. The van der Waals surface area contributed by atoms with Crippen molar-refractivity contribution in [1.29, 1.82) is 0 Å². The number of fused-ring (bicyclic) bond motifs is 1. The van der Waals surface area contributed by atoms with Crippen LogP contribution in [-0.2, 0) is 12.8 Å². The Morgan fingerprint density at radius 1 is 0.667 bits per heavy atom. The van der Waals surface area contributed by atoms with Gasteiger partial charge in [0.25, 0.3) is 0 Å². The van der Waals surface area contributed by atoms with E-state index in [2.05, 4.69) is 18.2 Å². The first-order valence-corrected chi connectivity index (χ1v) is 4.11. The molecule has 138 valence electrons. The van der Waals surface area contributed by atoms with E-state index in [4.69, 9.17) is 0 Å². The van der Waals surface area contributed by atoms with Crippen molar-refractivity contribution in [2.75, 3.05) is 0 Å². The molecular formula is C10H32O11. The first kappa shape index (κ1) is 60.0. The summed E-state index contributed by atoms with van der Waals surface area (Å²) in [5, 5.41) is 9.36. The Kier molecular flexibility index (Phi) is 77.7. The number of aliphatic hydroxyl groups is 1. The number of hydrogen-bond donors (Lipinski definition) is 1. The molecule has 1 aromatic carbocycles. The lowest BCUT2D eigenvalue weighted by Gasteiger charge is -2.19. The summed E-state index contributed by atoms with van der Waals surface area (Å²) >= 11 is 0. The van der Waals surface area contributed by atoms with E-state index < -0.39 is 0 Å². The molecule has 0 spiro atoms. The second-order valence-corrected chi connectivity index (χ2v) is 3.17. The predicted molar refractivity (Wildman–Crippen MR) is 80.6 cm³/mol. The fourth-order valence-electron chi connectivity index (χ4n) is 1.68. The number of aliphatic hydroxyl groups excluding tert-OH is 1. The van der Waals surface area contributed by atoms with Crippen LogP contribution in [-0.4, -0.2) is 66.0 Å². The topological polar surface area (TPSA) is 335 Å². The van der Waals surface area contributed by atoms with Gasteiger partial charge in [0.1, 0.15) is 0 Å². The molecule has 0 heterocycles. The van der Waals surface area contributed by atoms with Gasteiger partial charge in [0.15, 0.2) is 0 Å². The maximum atomic E-state index is 9.36. The Morgan fingerprint density at radius 3 is 1.48 bits per heavy atom. The zero-order valence-corrected chi connectivity index (χ0v) is 11.5. The second kappa shape index (κ2) is 27.2. The Balaban J connectivity index is -0.0000000206. The zero-order valence-electron chi connectivity index (χ0n) is 11.5. The van der Waals surface area contributed by atoms with Gasteiger partial charge in [-0.25, -0.2) is 0 Å². The minimum atomic E-state index is -0.107. The fraction of sp³-hybridized carbons (Fsp3) is 0.400. The number of hydrogen-bond acceptors (Lipinski definition) is 1. The molecule has 1 atom stereocenters. The molecule has 21 heavy (non-hydrogen) atoms. The van der Waals surface area contributed by atoms with Gasteiger partial charge in [0.05, 0.1) is 6.10 Å². The van der Waals surface area contributed by atoms with Crippen molar-refractivity contribution in [3.05, 3.63) is 35.4 Å². The minimum Gasteiger partial charge on any atom is -0.412 e. The third-order valence-electron chi connectivity index (χ3n) is 2.32. The van der Waals surface area contributed by atoms with E-state index >= 15 is 0 Å². The van der Waals surface area contributed by atoms with Crippen LogP contribution in [0.3, 0.4) is 0 Å². The second-order valence-electron chi connectivity index (χ2n) is 3.17. The maximum Gasteiger partial charge on any atom is 0.0583 e. The Morgan fingerprint density at radius 2 is 1.05 bits per heavy atom. The maximum absolute atomic E-state index is 9.36. The van der Waals surface area contributed by atoms with Gasteiger partial charge in [-0.05, 0) is 30.4 Å². The zero-order chi connectivity index (χ0) is 7.68. The molecular weight excluding hydrogens is 296 g/mol. The highest BCUT2D eigenvalue weighted by molar-refractivity contribution is 5.29. The van der Waals surface area contributed by atoms with E-state index in [0.29, 0.717) is 0 Å². The highest BCUT2D eigenvalue weighted by Gasteiger charge is 2.14. The Bertz CT molecular complexity index is 271. The number of aryl methyl sites for hydroxylation is 1. The van der Waals surface area contributed by atoms with Crippen molar-refractivity contribution in [1.82, 2.24) is 0 Å². The molecule has 2 rings (SSSR count). The molecule has 0 radical (unpaired) electrons. The molecule has 0 fully saturated rings. The van der Waals surface area contributed by atoms with Crippen molar-refractivity contribution in [2.45, 2.75) is 25.4 Å². The van der Waals surface area contributed by atoms with Gasteiger partial charge in [-0.3, -0.25) is 0 Å². The van der Waals surface area contributed by atoms with Crippen molar-refractivity contribution in [2.24, 2.45) is 0 Å². The van der Waals surface area contributed by atoms with E-state index in [-0.39, 0.29) is 60.9 Å². The van der Waals surface area contributed by atoms with Crippen LogP contribution in [0, 0.1) is 0 Å². The summed E-state index contributed by atoms with van der Waals surface area (Å²) in [5.74, 6) is 0. The number of benzene rings is 1. The van der Waals surface area contributed by atoms with E-state index in [0.717, 1.165) is 19.3 Å².